The van der Waals surface area contributed by atoms with Crippen LogP contribution in [-0.2, 0) is 9.47 Å². The lowest BCUT2D eigenvalue weighted by Crippen LogP contribution is -2.56. The molecule has 1 aromatic rings. The van der Waals surface area contributed by atoms with Gasteiger partial charge in [-0.3, -0.25) is 0 Å². The van der Waals surface area contributed by atoms with Gasteiger partial charge in [-0.25, -0.2) is 18.6 Å². The number of aliphatic imine (C=N–C) groups is 1. The highest BCUT2D eigenvalue weighted by Gasteiger charge is 2.49. The summed E-state index contributed by atoms with van der Waals surface area (Å²) in [5.41, 5.74) is -0.183. The van der Waals surface area contributed by atoms with Crippen molar-refractivity contribution in [1.82, 2.24) is 9.80 Å². The minimum atomic E-state index is -3.35. The minimum absolute atomic E-state index is 0.0408. The molecule has 2 unspecified atom stereocenters. The Labute approximate surface area is 218 Å². The Morgan fingerprint density at radius 3 is 2.57 bits per heavy atom. The van der Waals surface area contributed by atoms with Crippen LogP contribution in [-0.4, -0.2) is 86.6 Å². The number of piperidine rings is 1. The fourth-order valence-corrected chi connectivity index (χ4v) is 4.64. The molecule has 1 aromatic carbocycles. The number of likely N-dealkylation sites (tertiary alicyclic amines) is 1. The molecule has 1 saturated heterocycles. The molecule has 2 aliphatic heterocycles. The molecule has 1 amide bonds. The zero-order valence-corrected chi connectivity index (χ0v) is 23.7. The van der Waals surface area contributed by atoms with Gasteiger partial charge in [-0.05, 0) is 26.8 Å². The molecular formula is C25H39F2N3O6Si. The van der Waals surface area contributed by atoms with Crippen LogP contribution in [0.4, 0.5) is 19.3 Å². The highest BCUT2D eigenvalue weighted by Crippen LogP contribution is 2.43. The highest BCUT2D eigenvalue weighted by molar-refractivity contribution is 6.76. The summed E-state index contributed by atoms with van der Waals surface area (Å²) in [6.45, 7) is 11.6. The van der Waals surface area contributed by atoms with Gasteiger partial charge < -0.3 is 33.9 Å². The fourth-order valence-electron chi connectivity index (χ4n) is 3.89. The number of hydrogen-bond donors (Lipinski definition) is 1. The van der Waals surface area contributed by atoms with Gasteiger partial charge in [0.05, 0.1) is 31.2 Å². The maximum atomic E-state index is 15.2. The van der Waals surface area contributed by atoms with Gasteiger partial charge >= 0.3 is 12.0 Å². The molecule has 2 atom stereocenters. The average molecular weight is 544 g/mol. The molecule has 0 aliphatic carbocycles. The molecule has 3 rings (SSSR count). The first-order valence-electron chi connectivity index (χ1n) is 12.4. The average Bonchev–Trinajstić information content (AvgIpc) is 2.76. The van der Waals surface area contributed by atoms with Crippen LogP contribution in [0.5, 0.6) is 11.5 Å². The van der Waals surface area contributed by atoms with Crippen molar-refractivity contribution in [3.8, 4) is 11.5 Å². The number of amides is 1. The lowest BCUT2D eigenvalue weighted by Gasteiger charge is -2.39. The second kappa shape index (κ2) is 11.1. The van der Waals surface area contributed by atoms with Crippen LogP contribution in [0.2, 0.25) is 25.7 Å². The van der Waals surface area contributed by atoms with E-state index in [0.29, 0.717) is 18.0 Å². The van der Waals surface area contributed by atoms with Crippen molar-refractivity contribution < 1.29 is 37.6 Å². The second-order valence-electron chi connectivity index (χ2n) is 11.6. The highest BCUT2D eigenvalue weighted by atomic mass is 28.3. The summed E-state index contributed by atoms with van der Waals surface area (Å²) in [5, 5.41) is 11.1. The quantitative estimate of drug-likeness (QED) is 0.364. The Morgan fingerprint density at radius 1 is 1.27 bits per heavy atom. The van der Waals surface area contributed by atoms with E-state index in [1.54, 1.807) is 26.8 Å². The first-order valence-corrected chi connectivity index (χ1v) is 16.1. The SMILES string of the molecule is COc1cc2c(c(OC3CCN(C(=O)OC(C)(C)C)CC3(F)F)c1)C(O)N(COCC[Si](C)(C)C)C=N2. The van der Waals surface area contributed by atoms with Crippen LogP contribution in [0.1, 0.15) is 39.0 Å². The van der Waals surface area contributed by atoms with Gasteiger partial charge in [-0.2, -0.15) is 0 Å². The van der Waals surface area contributed by atoms with E-state index in [1.807, 2.05) is 0 Å². The van der Waals surface area contributed by atoms with Crippen molar-refractivity contribution in [3.63, 3.8) is 0 Å². The van der Waals surface area contributed by atoms with Crippen molar-refractivity contribution in [2.45, 2.75) is 76.7 Å². The summed E-state index contributed by atoms with van der Waals surface area (Å²) in [4.78, 5) is 19.2. The molecule has 0 saturated carbocycles. The minimum Gasteiger partial charge on any atom is -0.497 e. The number of aliphatic hydroxyl groups is 1. The number of alkyl halides is 2. The third-order valence-corrected chi connectivity index (χ3v) is 7.64. The zero-order chi connectivity index (χ0) is 27.6. The van der Waals surface area contributed by atoms with Crippen molar-refractivity contribution in [1.29, 1.82) is 0 Å². The molecule has 12 heteroatoms. The van der Waals surface area contributed by atoms with E-state index in [1.165, 1.54) is 24.4 Å². The van der Waals surface area contributed by atoms with E-state index in [0.717, 1.165) is 10.9 Å². The Morgan fingerprint density at radius 2 is 1.97 bits per heavy atom. The van der Waals surface area contributed by atoms with Crippen molar-refractivity contribution in [3.05, 3.63) is 17.7 Å². The lowest BCUT2D eigenvalue weighted by atomic mass is 10.0. The van der Waals surface area contributed by atoms with Crippen molar-refractivity contribution in [2.75, 3.05) is 33.5 Å². The van der Waals surface area contributed by atoms with E-state index >= 15 is 8.78 Å². The Bertz CT molecular complexity index is 996. The molecule has 0 aromatic heterocycles. The lowest BCUT2D eigenvalue weighted by molar-refractivity contribution is -0.138. The summed E-state index contributed by atoms with van der Waals surface area (Å²) in [5.74, 6) is -2.96. The monoisotopic (exact) mass is 543 g/mol. The van der Waals surface area contributed by atoms with E-state index in [4.69, 9.17) is 18.9 Å². The van der Waals surface area contributed by atoms with Gasteiger partial charge in [0.25, 0.3) is 0 Å². The molecule has 0 spiro atoms. The topological polar surface area (TPSA) is 93.1 Å². The number of fused-ring (bicyclic) bond motifs is 1. The fraction of sp³-hybridized carbons (Fsp3) is 0.680. The number of rotatable bonds is 8. The predicted molar refractivity (Wildman–Crippen MR) is 139 cm³/mol. The Balaban J connectivity index is 1.76. The molecule has 0 radical (unpaired) electrons. The zero-order valence-electron chi connectivity index (χ0n) is 22.7. The molecule has 1 fully saturated rings. The number of hydrogen-bond acceptors (Lipinski definition) is 8. The number of ether oxygens (including phenoxy) is 4. The molecule has 9 nitrogen and oxygen atoms in total. The normalized spacial score (nSPS) is 21.5. The molecule has 0 bridgehead atoms. The molecule has 2 heterocycles. The van der Waals surface area contributed by atoms with E-state index in [9.17, 15) is 9.90 Å². The maximum absolute atomic E-state index is 15.2. The Kier molecular flexibility index (Phi) is 8.75. The van der Waals surface area contributed by atoms with Gasteiger partial charge in [0.2, 0.25) is 0 Å². The molecular weight excluding hydrogens is 504 g/mol. The Hall–Kier alpha value is -2.44. The molecule has 1 N–H and O–H groups in total. The number of benzene rings is 1. The standard InChI is InChI=1S/C25H39F2N3O6Si/c1-24(2,3)36-23(32)29-9-8-20(25(26,27)14-29)35-19-13-17(33-4)12-18-21(19)22(31)30(15-28-18)16-34-10-11-37(5,6)7/h12-13,15,20,22,31H,8-11,14,16H2,1-7H3. The van der Waals surface area contributed by atoms with E-state index in [2.05, 4.69) is 24.6 Å². The molecule has 37 heavy (non-hydrogen) atoms. The summed E-state index contributed by atoms with van der Waals surface area (Å²) >= 11 is 0. The summed E-state index contributed by atoms with van der Waals surface area (Å²) in [7, 11) is 0.168. The molecule has 208 valence electrons. The van der Waals surface area contributed by atoms with Gasteiger partial charge in [-0.1, -0.05) is 19.6 Å². The summed E-state index contributed by atoms with van der Waals surface area (Å²) < 4.78 is 52.4. The van der Waals surface area contributed by atoms with Gasteiger partial charge in [0.15, 0.2) is 12.3 Å². The number of carbonyl (C=O) groups excluding carboxylic acids is 1. The number of halogens is 2. The van der Waals surface area contributed by atoms with Crippen LogP contribution in [0.25, 0.3) is 0 Å². The number of carbonyl (C=O) groups is 1. The van der Waals surface area contributed by atoms with Crippen LogP contribution >= 0.6 is 0 Å². The third-order valence-electron chi connectivity index (χ3n) is 5.94. The molecule has 2 aliphatic rings. The summed E-state index contributed by atoms with van der Waals surface area (Å²) in [6, 6.07) is 4.03. The van der Waals surface area contributed by atoms with Gasteiger partial charge in [0.1, 0.15) is 23.8 Å². The van der Waals surface area contributed by atoms with Crippen molar-refractivity contribution in [2.24, 2.45) is 4.99 Å². The maximum Gasteiger partial charge on any atom is 0.410 e. The smallest absolute Gasteiger partial charge is 0.410 e. The van der Waals surface area contributed by atoms with Crippen LogP contribution < -0.4 is 9.47 Å². The number of aliphatic hydroxyl groups excluding tert-OH is 1. The first kappa shape index (κ1) is 29.1. The first-order chi connectivity index (χ1) is 17.1. The van der Waals surface area contributed by atoms with Crippen molar-refractivity contribution >= 4 is 26.2 Å². The third kappa shape index (κ3) is 7.78. The van der Waals surface area contributed by atoms with Crippen LogP contribution in [0.3, 0.4) is 0 Å². The predicted octanol–water partition coefficient (Wildman–Crippen LogP) is 5.00. The van der Waals surface area contributed by atoms with E-state index < -0.39 is 44.6 Å². The largest absolute Gasteiger partial charge is 0.497 e. The second-order valence-corrected chi connectivity index (χ2v) is 17.2. The summed E-state index contributed by atoms with van der Waals surface area (Å²) in [6.07, 6.45) is -2.20. The van der Waals surface area contributed by atoms with Gasteiger partial charge in [0, 0.05) is 39.8 Å². The number of methoxy groups -OCH3 is 1. The number of nitrogens with zero attached hydrogens (tertiary/aromatic N) is 3. The van der Waals surface area contributed by atoms with Crippen LogP contribution in [0, 0.1) is 0 Å². The van der Waals surface area contributed by atoms with E-state index in [-0.39, 0.29) is 31.0 Å². The van der Waals surface area contributed by atoms with Crippen LogP contribution in [0.15, 0.2) is 17.1 Å². The van der Waals surface area contributed by atoms with Gasteiger partial charge in [-0.15, -0.1) is 0 Å².